The van der Waals surface area contributed by atoms with Crippen LogP contribution in [-0.4, -0.2) is 50.3 Å². The lowest BCUT2D eigenvalue weighted by atomic mass is 9.98. The normalized spacial score (nSPS) is 18.8. The zero-order chi connectivity index (χ0) is 22.6. The fourth-order valence-electron chi connectivity index (χ4n) is 4.74. The van der Waals surface area contributed by atoms with Gasteiger partial charge in [0.05, 0.1) is 0 Å². The van der Waals surface area contributed by atoms with Gasteiger partial charge in [0.25, 0.3) is 5.82 Å². The molecule has 1 aromatic carbocycles. The minimum Gasteiger partial charge on any atom is -0.343 e. The van der Waals surface area contributed by atoms with Crippen molar-refractivity contribution in [1.29, 1.82) is 0 Å². The van der Waals surface area contributed by atoms with Gasteiger partial charge in [0, 0.05) is 48.8 Å². The molecule has 1 fully saturated rings. The number of fused-ring (bicyclic) bond motifs is 2. The van der Waals surface area contributed by atoms with Crippen molar-refractivity contribution >= 4 is 23.1 Å². The van der Waals surface area contributed by atoms with Crippen molar-refractivity contribution in [2.24, 2.45) is 0 Å². The SMILES string of the molecule is Cc1c(N2CC(CCN3CCCC3=O)c3ccccc32)nn2c(C(F)(F)F)nnc2c1C. The topological polar surface area (TPSA) is 66.6 Å². The quantitative estimate of drug-likeness (QED) is 0.609. The number of carbonyl (C=O) groups is 1. The maximum atomic E-state index is 13.5. The highest BCUT2D eigenvalue weighted by Crippen LogP contribution is 2.43. The second kappa shape index (κ2) is 7.46. The van der Waals surface area contributed by atoms with Crippen LogP contribution in [0.4, 0.5) is 24.7 Å². The van der Waals surface area contributed by atoms with Crippen molar-refractivity contribution in [1.82, 2.24) is 24.7 Å². The summed E-state index contributed by atoms with van der Waals surface area (Å²) in [5.74, 6) is -0.320. The van der Waals surface area contributed by atoms with Crippen LogP contribution in [0.2, 0.25) is 0 Å². The van der Waals surface area contributed by atoms with E-state index in [0.29, 0.717) is 30.9 Å². The number of para-hydroxylation sites is 1. The number of rotatable bonds is 4. The van der Waals surface area contributed by atoms with Crippen LogP contribution in [0.3, 0.4) is 0 Å². The summed E-state index contributed by atoms with van der Waals surface area (Å²) in [4.78, 5) is 15.9. The minimum atomic E-state index is -4.65. The van der Waals surface area contributed by atoms with Crippen molar-refractivity contribution in [3.63, 3.8) is 0 Å². The van der Waals surface area contributed by atoms with E-state index < -0.39 is 12.0 Å². The molecule has 0 N–H and O–H groups in total. The summed E-state index contributed by atoms with van der Waals surface area (Å²) >= 11 is 0. The number of anilines is 2. The van der Waals surface area contributed by atoms with E-state index in [1.807, 2.05) is 41.0 Å². The molecular formula is C22H23F3N6O. The van der Waals surface area contributed by atoms with Crippen LogP contribution >= 0.6 is 0 Å². The first-order chi connectivity index (χ1) is 15.3. The van der Waals surface area contributed by atoms with Gasteiger partial charge in [-0.25, -0.2) is 0 Å². The van der Waals surface area contributed by atoms with Gasteiger partial charge in [-0.15, -0.1) is 15.3 Å². The molecule has 5 rings (SSSR count). The smallest absolute Gasteiger partial charge is 0.343 e. The lowest BCUT2D eigenvalue weighted by molar-refractivity contribution is -0.146. The zero-order valence-electron chi connectivity index (χ0n) is 17.9. The van der Waals surface area contributed by atoms with E-state index in [4.69, 9.17) is 0 Å². The predicted molar refractivity (Wildman–Crippen MR) is 112 cm³/mol. The number of hydrogen-bond donors (Lipinski definition) is 0. The van der Waals surface area contributed by atoms with Crippen LogP contribution in [0.1, 0.15) is 47.7 Å². The van der Waals surface area contributed by atoms with Crippen LogP contribution in [0.25, 0.3) is 5.65 Å². The maximum Gasteiger partial charge on any atom is 0.453 e. The lowest BCUT2D eigenvalue weighted by Gasteiger charge is -2.23. The maximum absolute atomic E-state index is 13.5. The number of aryl methyl sites for hydroxylation is 1. The molecule has 2 aliphatic heterocycles. The van der Waals surface area contributed by atoms with Crippen molar-refractivity contribution in [2.45, 2.75) is 45.2 Å². The molecule has 2 aliphatic rings. The zero-order valence-corrected chi connectivity index (χ0v) is 17.9. The molecule has 0 spiro atoms. The van der Waals surface area contributed by atoms with E-state index in [1.165, 1.54) is 0 Å². The number of alkyl halides is 3. The number of benzene rings is 1. The average molecular weight is 444 g/mol. The first-order valence-corrected chi connectivity index (χ1v) is 10.7. The third kappa shape index (κ3) is 3.28. The Morgan fingerprint density at radius 3 is 2.62 bits per heavy atom. The van der Waals surface area contributed by atoms with Gasteiger partial charge in [0.15, 0.2) is 11.5 Å². The average Bonchev–Trinajstić information content (AvgIpc) is 3.46. The van der Waals surface area contributed by atoms with E-state index in [9.17, 15) is 18.0 Å². The van der Waals surface area contributed by atoms with E-state index >= 15 is 0 Å². The summed E-state index contributed by atoms with van der Waals surface area (Å²) in [5.41, 5.74) is 3.54. The first-order valence-electron chi connectivity index (χ1n) is 10.7. The summed E-state index contributed by atoms with van der Waals surface area (Å²) in [7, 11) is 0. The molecule has 3 aromatic rings. The molecule has 1 atom stereocenters. The van der Waals surface area contributed by atoms with Crippen molar-refractivity contribution < 1.29 is 18.0 Å². The van der Waals surface area contributed by atoms with Crippen molar-refractivity contribution in [3.8, 4) is 0 Å². The summed E-state index contributed by atoms with van der Waals surface area (Å²) in [6, 6.07) is 7.89. The molecule has 4 heterocycles. The molecule has 32 heavy (non-hydrogen) atoms. The Labute approximate surface area is 182 Å². The Balaban J connectivity index is 1.53. The highest BCUT2D eigenvalue weighted by atomic mass is 19.4. The molecular weight excluding hydrogens is 421 g/mol. The standard InChI is InChI=1S/C22H23F3N6O/c1-13-14(2)20(28-31-19(13)26-27-21(31)22(23,24)25)30-12-15(16-6-3-4-7-17(16)30)9-11-29-10-5-8-18(29)32/h3-4,6-7,15H,5,8-12H2,1-2H3. The van der Waals surface area contributed by atoms with Gasteiger partial charge in [-0.1, -0.05) is 18.2 Å². The van der Waals surface area contributed by atoms with E-state index in [-0.39, 0.29) is 17.5 Å². The molecule has 0 bridgehead atoms. The minimum absolute atomic E-state index is 0.107. The predicted octanol–water partition coefficient (Wildman–Crippen LogP) is 4.01. The Morgan fingerprint density at radius 1 is 1.12 bits per heavy atom. The highest BCUT2D eigenvalue weighted by Gasteiger charge is 2.39. The Kier molecular flexibility index (Phi) is 4.83. The molecule has 2 aromatic heterocycles. The molecule has 1 amide bonds. The van der Waals surface area contributed by atoms with Gasteiger partial charge in [0.2, 0.25) is 5.91 Å². The van der Waals surface area contributed by atoms with Crippen LogP contribution in [0.15, 0.2) is 24.3 Å². The van der Waals surface area contributed by atoms with Gasteiger partial charge in [0.1, 0.15) is 0 Å². The van der Waals surface area contributed by atoms with E-state index in [0.717, 1.165) is 40.7 Å². The number of nitrogens with zero attached hydrogens (tertiary/aromatic N) is 6. The van der Waals surface area contributed by atoms with E-state index in [2.05, 4.69) is 15.3 Å². The largest absolute Gasteiger partial charge is 0.453 e. The summed E-state index contributed by atoms with van der Waals surface area (Å²) in [6.45, 7) is 5.65. The van der Waals surface area contributed by atoms with Crippen molar-refractivity contribution in [2.75, 3.05) is 24.5 Å². The van der Waals surface area contributed by atoms with Gasteiger partial charge >= 0.3 is 6.18 Å². The Morgan fingerprint density at radius 2 is 1.91 bits per heavy atom. The molecule has 1 saturated heterocycles. The monoisotopic (exact) mass is 444 g/mol. The fraction of sp³-hybridized carbons (Fsp3) is 0.455. The second-order valence-electron chi connectivity index (χ2n) is 8.47. The lowest BCUT2D eigenvalue weighted by Crippen LogP contribution is -2.28. The van der Waals surface area contributed by atoms with Crippen LogP contribution in [0, 0.1) is 13.8 Å². The number of amides is 1. The molecule has 7 nitrogen and oxygen atoms in total. The number of halogens is 3. The molecule has 168 valence electrons. The van der Waals surface area contributed by atoms with E-state index in [1.54, 1.807) is 6.92 Å². The number of likely N-dealkylation sites (tertiary alicyclic amines) is 1. The van der Waals surface area contributed by atoms with Crippen LogP contribution in [-0.2, 0) is 11.0 Å². The first kappa shape index (κ1) is 20.7. The third-order valence-corrected chi connectivity index (χ3v) is 6.57. The molecule has 0 saturated carbocycles. The van der Waals surface area contributed by atoms with Gasteiger partial charge in [-0.05, 0) is 38.3 Å². The number of hydrogen-bond acceptors (Lipinski definition) is 5. The summed E-state index contributed by atoms with van der Waals surface area (Å²) in [6.07, 6.45) is -2.36. The fourth-order valence-corrected chi connectivity index (χ4v) is 4.74. The Hall–Kier alpha value is -3.17. The van der Waals surface area contributed by atoms with Crippen LogP contribution < -0.4 is 4.90 Å². The number of aromatic nitrogens is 4. The third-order valence-electron chi connectivity index (χ3n) is 6.57. The molecule has 0 radical (unpaired) electrons. The molecule has 0 aliphatic carbocycles. The highest BCUT2D eigenvalue weighted by molar-refractivity contribution is 5.78. The molecule has 10 heteroatoms. The van der Waals surface area contributed by atoms with Gasteiger partial charge in [-0.3, -0.25) is 4.79 Å². The molecule has 1 unspecified atom stereocenters. The van der Waals surface area contributed by atoms with Crippen LogP contribution in [0.5, 0.6) is 0 Å². The summed E-state index contributed by atoms with van der Waals surface area (Å²) < 4.78 is 41.2. The number of carbonyl (C=O) groups excluding carboxylic acids is 1. The van der Waals surface area contributed by atoms with Crippen molar-refractivity contribution in [3.05, 3.63) is 46.8 Å². The Bertz CT molecular complexity index is 1200. The summed E-state index contributed by atoms with van der Waals surface area (Å²) in [5, 5.41) is 11.4. The second-order valence-corrected chi connectivity index (χ2v) is 8.47. The van der Waals surface area contributed by atoms with Gasteiger partial charge in [-0.2, -0.15) is 17.7 Å². The van der Waals surface area contributed by atoms with Gasteiger partial charge < -0.3 is 9.80 Å².